The molecule has 1 heterocycles. The number of carbonyl (C=O) groups excluding carboxylic acids is 1. The lowest BCUT2D eigenvalue weighted by Gasteiger charge is -2.37. The molecule has 0 radical (unpaired) electrons. The molecule has 1 fully saturated rings. The van der Waals surface area contributed by atoms with Crippen molar-refractivity contribution in [1.82, 2.24) is 14.9 Å². The molecule has 1 aliphatic heterocycles. The molecule has 1 saturated heterocycles. The Labute approximate surface area is 289 Å². The normalized spacial score (nSPS) is 18.6. The standard InChI is InChI=1S/C39H45N3O6S/c1-4-22-42(3)26-34-24-37(32-16-14-31(27-43)15-17-32)48-39(47-34)33-18-12-30(13-19-33)25-40-38(44)36(23-29-8-6-5-7-9-29)41-49(45,46)35-20-10-28(2)11-21-35/h4-21,34,36-37,39,41,43H,1,22-27H2,2-3H3,(H,40,44)/t34-,36+,37+,39?/m0/s1. The monoisotopic (exact) mass is 683 g/mol. The first-order valence-electron chi connectivity index (χ1n) is 16.4. The van der Waals surface area contributed by atoms with E-state index >= 15 is 0 Å². The molecule has 0 aromatic heterocycles. The third-order valence-corrected chi connectivity index (χ3v) is 10.0. The minimum absolute atomic E-state index is 0.0178. The Morgan fingerprint density at radius 1 is 0.918 bits per heavy atom. The van der Waals surface area contributed by atoms with Gasteiger partial charge in [0.05, 0.1) is 23.7 Å². The van der Waals surface area contributed by atoms with Crippen molar-refractivity contribution in [3.05, 3.63) is 149 Å². The fourth-order valence-electron chi connectivity index (χ4n) is 5.79. The van der Waals surface area contributed by atoms with Crippen LogP contribution in [0, 0.1) is 6.92 Å². The summed E-state index contributed by atoms with van der Waals surface area (Å²) in [5, 5.41) is 12.4. The van der Waals surface area contributed by atoms with Crippen LogP contribution in [-0.4, -0.2) is 56.6 Å². The largest absolute Gasteiger partial charge is 0.392 e. The van der Waals surface area contributed by atoms with E-state index in [1.807, 2.05) is 98.9 Å². The predicted molar refractivity (Wildman–Crippen MR) is 190 cm³/mol. The average Bonchev–Trinajstić information content (AvgIpc) is 3.11. The maximum atomic E-state index is 13.5. The summed E-state index contributed by atoms with van der Waals surface area (Å²) in [7, 11) is -1.91. The zero-order chi connectivity index (χ0) is 34.8. The van der Waals surface area contributed by atoms with E-state index in [4.69, 9.17) is 9.47 Å². The molecule has 0 saturated carbocycles. The highest BCUT2D eigenvalue weighted by molar-refractivity contribution is 7.89. The van der Waals surface area contributed by atoms with Crippen molar-refractivity contribution >= 4 is 15.9 Å². The summed E-state index contributed by atoms with van der Waals surface area (Å²) in [6.45, 7) is 7.36. The maximum Gasteiger partial charge on any atom is 0.241 e. The molecule has 0 aliphatic carbocycles. The number of aryl methyl sites for hydroxylation is 1. The Morgan fingerprint density at radius 2 is 1.57 bits per heavy atom. The molecule has 258 valence electrons. The first-order chi connectivity index (χ1) is 23.6. The second kappa shape index (κ2) is 17.0. The van der Waals surface area contributed by atoms with Gasteiger partial charge in [0.15, 0.2) is 6.29 Å². The quantitative estimate of drug-likeness (QED) is 0.145. The first kappa shape index (κ1) is 36.1. The molecular formula is C39H45N3O6S. The Morgan fingerprint density at radius 3 is 2.22 bits per heavy atom. The van der Waals surface area contributed by atoms with E-state index in [0.717, 1.165) is 39.9 Å². The van der Waals surface area contributed by atoms with E-state index in [9.17, 15) is 18.3 Å². The van der Waals surface area contributed by atoms with Gasteiger partial charge in [0, 0.05) is 31.6 Å². The van der Waals surface area contributed by atoms with E-state index in [-0.39, 0.29) is 36.7 Å². The fraction of sp³-hybridized carbons (Fsp3) is 0.308. The number of likely N-dealkylation sites (N-methyl/N-ethyl adjacent to an activating group) is 1. The smallest absolute Gasteiger partial charge is 0.241 e. The fourth-order valence-corrected chi connectivity index (χ4v) is 6.99. The number of aliphatic hydroxyl groups is 1. The van der Waals surface area contributed by atoms with Crippen molar-refractivity contribution in [2.24, 2.45) is 0 Å². The molecule has 9 nitrogen and oxygen atoms in total. The van der Waals surface area contributed by atoms with Crippen LogP contribution in [0.4, 0.5) is 0 Å². The van der Waals surface area contributed by atoms with E-state index < -0.39 is 28.3 Å². The highest BCUT2D eigenvalue weighted by Gasteiger charge is 2.33. The molecule has 1 unspecified atom stereocenters. The molecule has 4 aromatic carbocycles. The third-order valence-electron chi connectivity index (χ3n) is 8.52. The number of aliphatic hydroxyl groups excluding tert-OH is 1. The van der Waals surface area contributed by atoms with Crippen molar-refractivity contribution in [2.75, 3.05) is 20.1 Å². The summed E-state index contributed by atoms with van der Waals surface area (Å²) in [5.41, 5.74) is 5.32. The summed E-state index contributed by atoms with van der Waals surface area (Å²) in [6.07, 6.45) is 1.85. The zero-order valence-electron chi connectivity index (χ0n) is 28.0. The minimum Gasteiger partial charge on any atom is -0.392 e. The van der Waals surface area contributed by atoms with Crippen LogP contribution in [0.2, 0.25) is 0 Å². The Bertz CT molecular complexity index is 1760. The van der Waals surface area contributed by atoms with Gasteiger partial charge in [-0.15, -0.1) is 6.58 Å². The second-order valence-corrected chi connectivity index (χ2v) is 14.2. The Kier molecular flexibility index (Phi) is 12.5. The molecule has 3 N–H and O–H groups in total. The van der Waals surface area contributed by atoms with Crippen molar-refractivity contribution < 1.29 is 27.8 Å². The van der Waals surface area contributed by atoms with Crippen LogP contribution in [0.5, 0.6) is 0 Å². The molecular weight excluding hydrogens is 639 g/mol. The van der Waals surface area contributed by atoms with Gasteiger partial charge in [-0.1, -0.05) is 103 Å². The van der Waals surface area contributed by atoms with E-state index in [0.29, 0.717) is 13.0 Å². The van der Waals surface area contributed by atoms with Crippen LogP contribution in [-0.2, 0) is 43.9 Å². The van der Waals surface area contributed by atoms with E-state index in [1.54, 1.807) is 12.1 Å². The van der Waals surface area contributed by atoms with Crippen LogP contribution in [0.15, 0.2) is 121 Å². The number of amides is 1. The second-order valence-electron chi connectivity index (χ2n) is 12.5. The highest BCUT2D eigenvalue weighted by atomic mass is 32.2. The van der Waals surface area contributed by atoms with Gasteiger partial charge in [0.2, 0.25) is 15.9 Å². The summed E-state index contributed by atoms with van der Waals surface area (Å²) < 4.78 is 42.0. The summed E-state index contributed by atoms with van der Waals surface area (Å²) >= 11 is 0. The van der Waals surface area contributed by atoms with Gasteiger partial charge >= 0.3 is 0 Å². The molecule has 4 atom stereocenters. The molecule has 5 rings (SSSR count). The van der Waals surface area contributed by atoms with Gasteiger partial charge in [-0.2, -0.15) is 4.72 Å². The van der Waals surface area contributed by atoms with Crippen LogP contribution in [0.25, 0.3) is 0 Å². The van der Waals surface area contributed by atoms with Gasteiger partial charge in [0.25, 0.3) is 0 Å². The highest BCUT2D eigenvalue weighted by Crippen LogP contribution is 2.38. The number of hydrogen-bond acceptors (Lipinski definition) is 7. The summed E-state index contributed by atoms with van der Waals surface area (Å²) in [4.78, 5) is 15.7. The van der Waals surface area contributed by atoms with Crippen molar-refractivity contribution in [3.63, 3.8) is 0 Å². The van der Waals surface area contributed by atoms with Gasteiger partial charge in [0.1, 0.15) is 6.04 Å². The number of carbonyl (C=O) groups is 1. The number of rotatable bonds is 15. The molecule has 4 aromatic rings. The van der Waals surface area contributed by atoms with Crippen molar-refractivity contribution in [1.29, 1.82) is 0 Å². The number of nitrogens with one attached hydrogen (secondary N) is 2. The maximum absolute atomic E-state index is 13.5. The lowest BCUT2D eigenvalue weighted by atomic mass is 9.99. The van der Waals surface area contributed by atoms with E-state index in [1.165, 1.54) is 12.1 Å². The SMILES string of the molecule is C=CCN(C)C[C@@H]1C[C@H](c2ccc(CO)cc2)OC(c2ccc(CNC(=O)[C@@H](Cc3ccccc3)NS(=O)(=O)c3ccc(C)cc3)cc2)O1. The molecule has 0 spiro atoms. The van der Waals surface area contributed by atoms with Crippen LogP contribution in [0.3, 0.4) is 0 Å². The lowest BCUT2D eigenvalue weighted by molar-refractivity contribution is -0.252. The lowest BCUT2D eigenvalue weighted by Crippen LogP contribution is -2.47. The summed E-state index contributed by atoms with van der Waals surface area (Å²) in [5.74, 6) is -0.427. The topological polar surface area (TPSA) is 117 Å². The van der Waals surface area contributed by atoms with Crippen molar-refractivity contribution in [2.45, 2.75) is 62.4 Å². The van der Waals surface area contributed by atoms with Crippen LogP contribution >= 0.6 is 0 Å². The number of sulfonamides is 1. The molecule has 1 amide bonds. The average molecular weight is 684 g/mol. The molecule has 10 heteroatoms. The predicted octanol–water partition coefficient (Wildman–Crippen LogP) is 5.36. The third kappa shape index (κ3) is 10.2. The zero-order valence-corrected chi connectivity index (χ0v) is 28.8. The molecule has 1 aliphatic rings. The van der Waals surface area contributed by atoms with Gasteiger partial charge in [-0.3, -0.25) is 4.79 Å². The van der Waals surface area contributed by atoms with Crippen LogP contribution < -0.4 is 10.0 Å². The number of hydrogen-bond donors (Lipinski definition) is 3. The first-order valence-corrected chi connectivity index (χ1v) is 17.9. The molecule has 0 bridgehead atoms. The number of nitrogens with zero attached hydrogens (tertiary/aromatic N) is 1. The van der Waals surface area contributed by atoms with Crippen molar-refractivity contribution in [3.8, 4) is 0 Å². The number of ether oxygens (including phenoxy) is 2. The number of benzene rings is 4. The molecule has 49 heavy (non-hydrogen) atoms. The van der Waals surface area contributed by atoms with Gasteiger partial charge in [-0.05, 0) is 54.8 Å². The van der Waals surface area contributed by atoms with Gasteiger partial charge < -0.3 is 24.8 Å². The summed E-state index contributed by atoms with van der Waals surface area (Å²) in [6, 6.07) is 30.3. The van der Waals surface area contributed by atoms with Crippen LogP contribution in [0.1, 0.15) is 52.2 Å². The van der Waals surface area contributed by atoms with Gasteiger partial charge in [-0.25, -0.2) is 8.42 Å². The Hall–Kier alpha value is -4.16. The minimum atomic E-state index is -3.94. The van der Waals surface area contributed by atoms with E-state index in [2.05, 4.69) is 21.5 Å². The Balaban J connectivity index is 1.27.